The lowest BCUT2D eigenvalue weighted by Gasteiger charge is -2.31. The van der Waals surface area contributed by atoms with Gasteiger partial charge in [-0.15, -0.1) is 0 Å². The molecule has 0 spiro atoms. The molecule has 0 fully saturated rings. The van der Waals surface area contributed by atoms with Crippen molar-refractivity contribution in [1.29, 1.82) is 5.26 Å². The number of alkyl halides is 1. The van der Waals surface area contributed by atoms with Crippen molar-refractivity contribution in [3.05, 3.63) is 71.5 Å². The molecule has 1 heterocycles. The van der Waals surface area contributed by atoms with Crippen LogP contribution in [0.3, 0.4) is 0 Å². The quantitative estimate of drug-likeness (QED) is 0.623. The van der Waals surface area contributed by atoms with E-state index < -0.39 is 28.3 Å². The molecule has 1 aliphatic heterocycles. The average Bonchev–Trinajstić information content (AvgIpc) is 2.64. The second-order valence-electron chi connectivity index (χ2n) is 5.66. The lowest BCUT2D eigenvalue weighted by Crippen LogP contribution is -2.43. The second kappa shape index (κ2) is 6.58. The van der Waals surface area contributed by atoms with Gasteiger partial charge in [0.2, 0.25) is 10.7 Å². The fourth-order valence-electron chi connectivity index (χ4n) is 2.84. The Morgan fingerprint density at radius 1 is 1.20 bits per heavy atom. The van der Waals surface area contributed by atoms with Gasteiger partial charge in [-0.1, -0.05) is 60.1 Å². The van der Waals surface area contributed by atoms with Crippen molar-refractivity contribution < 1.29 is 14.0 Å². The van der Waals surface area contributed by atoms with E-state index in [1.165, 1.54) is 18.2 Å². The fraction of sp³-hybridized carbons (Fsp3) is 0.158. The first-order chi connectivity index (χ1) is 12.0. The number of hydrogen-bond acceptors (Lipinski definition) is 3. The third-order valence-electron chi connectivity index (χ3n) is 4.17. The molecular formula is C19H12ClFN2O2. The van der Waals surface area contributed by atoms with Gasteiger partial charge in [-0.3, -0.25) is 9.59 Å². The molecule has 25 heavy (non-hydrogen) atoms. The Labute approximate surface area is 148 Å². The van der Waals surface area contributed by atoms with Crippen LogP contribution in [0.15, 0.2) is 59.6 Å². The number of hydrogen-bond donors (Lipinski definition) is 0. The van der Waals surface area contributed by atoms with Crippen LogP contribution in [0, 0.1) is 17.1 Å². The zero-order valence-electron chi connectivity index (χ0n) is 12.9. The van der Waals surface area contributed by atoms with Crippen molar-refractivity contribution in [2.75, 3.05) is 0 Å². The van der Waals surface area contributed by atoms with Gasteiger partial charge in [0.1, 0.15) is 5.82 Å². The summed E-state index contributed by atoms with van der Waals surface area (Å²) < 4.78 is 14.2. The van der Waals surface area contributed by atoms with Crippen molar-refractivity contribution in [3.63, 3.8) is 0 Å². The van der Waals surface area contributed by atoms with Crippen LogP contribution in [0.4, 0.5) is 4.39 Å². The second-order valence-corrected chi connectivity index (χ2v) is 6.26. The number of benzene rings is 2. The number of aliphatic imine (C=N–C) groups is 1. The predicted molar refractivity (Wildman–Crippen MR) is 91.2 cm³/mol. The summed E-state index contributed by atoms with van der Waals surface area (Å²) in [6.45, 7) is 0. The molecule has 1 aliphatic rings. The molecule has 0 aromatic heterocycles. The molecule has 0 radical (unpaired) electrons. The topological polar surface area (TPSA) is 70.3 Å². The predicted octanol–water partition coefficient (Wildman–Crippen LogP) is 3.66. The molecular weight excluding hydrogens is 343 g/mol. The number of amides is 1. The highest BCUT2D eigenvalue weighted by atomic mass is 35.5. The van der Waals surface area contributed by atoms with Gasteiger partial charge in [-0.2, -0.15) is 5.26 Å². The van der Waals surface area contributed by atoms with Crippen LogP contribution in [-0.4, -0.2) is 22.3 Å². The van der Waals surface area contributed by atoms with E-state index in [-0.39, 0.29) is 17.7 Å². The molecule has 4 nitrogen and oxygen atoms in total. The van der Waals surface area contributed by atoms with E-state index in [0.29, 0.717) is 5.56 Å². The van der Waals surface area contributed by atoms with E-state index in [2.05, 4.69) is 4.99 Å². The van der Waals surface area contributed by atoms with Gasteiger partial charge >= 0.3 is 0 Å². The van der Waals surface area contributed by atoms with E-state index in [1.807, 2.05) is 0 Å². The minimum atomic E-state index is -2.04. The van der Waals surface area contributed by atoms with Gasteiger partial charge in [0.15, 0.2) is 0 Å². The highest BCUT2D eigenvalue weighted by Crippen LogP contribution is 2.42. The standard InChI is InChI=1S/C19H12ClFN2O2/c20-19(11-22)14(13-8-4-5-9-15(13)21)10-16(23-18(19)25)17(24)12-6-2-1-3-7-12/h1-9,14H,10H2/t14-,19+/m1/s1. The molecule has 3 rings (SSSR count). The van der Waals surface area contributed by atoms with Gasteiger partial charge < -0.3 is 0 Å². The Balaban J connectivity index is 2.07. The molecule has 0 N–H and O–H groups in total. The summed E-state index contributed by atoms with van der Waals surface area (Å²) in [5.41, 5.74) is 0.442. The zero-order valence-corrected chi connectivity index (χ0v) is 13.7. The third kappa shape index (κ3) is 2.97. The fourth-order valence-corrected chi connectivity index (χ4v) is 3.08. The van der Waals surface area contributed by atoms with Crippen molar-refractivity contribution in [2.45, 2.75) is 17.2 Å². The van der Waals surface area contributed by atoms with Crippen molar-refractivity contribution in [3.8, 4) is 6.07 Å². The molecule has 124 valence electrons. The number of Topliss-reactive ketones (excluding diaryl/α,β-unsaturated/α-hetero) is 1. The number of nitriles is 1. The van der Waals surface area contributed by atoms with Gasteiger partial charge in [0.25, 0.3) is 5.91 Å². The Hall–Kier alpha value is -2.84. The molecule has 2 atom stereocenters. The first-order valence-electron chi connectivity index (χ1n) is 7.53. The molecule has 6 heteroatoms. The smallest absolute Gasteiger partial charge is 0.282 e. The van der Waals surface area contributed by atoms with Gasteiger partial charge in [0, 0.05) is 17.9 Å². The summed E-state index contributed by atoms with van der Waals surface area (Å²) in [4.78, 5) is 26.7. The van der Waals surface area contributed by atoms with E-state index >= 15 is 0 Å². The van der Waals surface area contributed by atoms with Crippen LogP contribution >= 0.6 is 11.6 Å². The third-order valence-corrected chi connectivity index (χ3v) is 4.68. The monoisotopic (exact) mass is 354 g/mol. The largest absolute Gasteiger partial charge is 0.287 e. The summed E-state index contributed by atoms with van der Waals surface area (Å²) in [7, 11) is 0. The van der Waals surface area contributed by atoms with Crippen molar-refractivity contribution in [1.82, 2.24) is 0 Å². The summed E-state index contributed by atoms with van der Waals surface area (Å²) in [5.74, 6) is -2.98. The molecule has 0 saturated carbocycles. The Bertz CT molecular complexity index is 921. The lowest BCUT2D eigenvalue weighted by molar-refractivity contribution is -0.119. The van der Waals surface area contributed by atoms with E-state index in [4.69, 9.17) is 11.6 Å². The minimum absolute atomic E-state index is 0.0315. The number of rotatable bonds is 3. The number of carbonyl (C=O) groups excluding carboxylic acids is 2. The molecule has 0 bridgehead atoms. The summed E-state index contributed by atoms with van der Waals surface area (Å²) in [6.07, 6.45) is -0.0997. The summed E-state index contributed by atoms with van der Waals surface area (Å²) in [6, 6.07) is 15.8. The molecule has 0 saturated heterocycles. The van der Waals surface area contributed by atoms with Crippen molar-refractivity contribution in [2.24, 2.45) is 4.99 Å². The van der Waals surface area contributed by atoms with Crippen LogP contribution in [0.2, 0.25) is 0 Å². The lowest BCUT2D eigenvalue weighted by atomic mass is 9.78. The Morgan fingerprint density at radius 2 is 1.84 bits per heavy atom. The molecule has 2 aromatic carbocycles. The van der Waals surface area contributed by atoms with Crippen molar-refractivity contribution >= 4 is 29.0 Å². The number of ketones is 1. The van der Waals surface area contributed by atoms with Crippen LogP contribution in [0.5, 0.6) is 0 Å². The Morgan fingerprint density at radius 3 is 2.48 bits per heavy atom. The maximum atomic E-state index is 14.2. The van der Waals surface area contributed by atoms with E-state index in [9.17, 15) is 19.2 Å². The Kier molecular flexibility index (Phi) is 4.47. The highest BCUT2D eigenvalue weighted by Gasteiger charge is 2.50. The molecule has 0 unspecified atom stereocenters. The van der Waals surface area contributed by atoms with Crippen LogP contribution < -0.4 is 0 Å². The zero-order chi connectivity index (χ0) is 18.0. The maximum Gasteiger partial charge on any atom is 0.282 e. The van der Waals surface area contributed by atoms with Crippen LogP contribution in [0.25, 0.3) is 0 Å². The summed E-state index contributed by atoms with van der Waals surface area (Å²) >= 11 is 6.20. The SMILES string of the molecule is N#C[C@@]1(Cl)C(=O)N=C(C(=O)c2ccccc2)C[C@@H]1c1ccccc1F. The van der Waals surface area contributed by atoms with Crippen LogP contribution in [0.1, 0.15) is 28.3 Å². The number of carbonyl (C=O) groups is 2. The first kappa shape index (κ1) is 17.0. The average molecular weight is 355 g/mol. The molecule has 0 aliphatic carbocycles. The minimum Gasteiger partial charge on any atom is -0.287 e. The molecule has 1 amide bonds. The molecule has 2 aromatic rings. The maximum absolute atomic E-state index is 14.2. The highest BCUT2D eigenvalue weighted by molar-refractivity contribution is 6.50. The van der Waals surface area contributed by atoms with E-state index in [1.54, 1.807) is 42.5 Å². The van der Waals surface area contributed by atoms with Gasteiger partial charge in [0.05, 0.1) is 11.8 Å². The normalized spacial score (nSPS) is 22.8. The summed E-state index contributed by atoms with van der Waals surface area (Å²) in [5, 5.41) is 9.41. The van der Waals surface area contributed by atoms with Crippen LogP contribution in [-0.2, 0) is 4.79 Å². The number of nitrogens with zero attached hydrogens (tertiary/aromatic N) is 2. The number of halogens is 2. The van der Waals surface area contributed by atoms with Gasteiger partial charge in [-0.05, 0) is 11.6 Å². The van der Waals surface area contributed by atoms with Gasteiger partial charge in [-0.25, -0.2) is 9.38 Å². The first-order valence-corrected chi connectivity index (χ1v) is 7.91. The van der Waals surface area contributed by atoms with E-state index in [0.717, 1.165) is 0 Å².